The molecule has 0 aliphatic carbocycles. The van der Waals surface area contributed by atoms with Crippen molar-refractivity contribution in [3.05, 3.63) is 65.2 Å². The van der Waals surface area contributed by atoms with Gasteiger partial charge in [-0.1, -0.05) is 12.1 Å². The first-order valence-electron chi connectivity index (χ1n) is 9.16. The van der Waals surface area contributed by atoms with Gasteiger partial charge in [-0.3, -0.25) is 9.59 Å². The van der Waals surface area contributed by atoms with Crippen LogP contribution in [0.25, 0.3) is 0 Å². The second-order valence-electron chi connectivity index (χ2n) is 6.27. The van der Waals surface area contributed by atoms with Crippen LogP contribution >= 0.6 is 0 Å². The Kier molecular flexibility index (Phi) is 7.92. The van der Waals surface area contributed by atoms with Gasteiger partial charge in [0.15, 0.2) is 0 Å². The number of rotatable bonds is 9. The van der Waals surface area contributed by atoms with Crippen LogP contribution in [-0.4, -0.2) is 25.0 Å². The number of nitrogens with one attached hydrogen (secondary N) is 2. The summed E-state index contributed by atoms with van der Waals surface area (Å²) in [5, 5.41) is 5.41. The lowest BCUT2D eigenvalue weighted by Crippen LogP contribution is -2.29. The number of benzene rings is 2. The average molecular weight is 390 g/mol. The van der Waals surface area contributed by atoms with E-state index in [9.17, 15) is 18.4 Å². The van der Waals surface area contributed by atoms with Gasteiger partial charge in [0.25, 0.3) is 5.91 Å². The van der Waals surface area contributed by atoms with E-state index >= 15 is 0 Å². The smallest absolute Gasteiger partial charge is 0.254 e. The molecule has 0 aliphatic rings. The van der Waals surface area contributed by atoms with Crippen molar-refractivity contribution in [1.82, 2.24) is 10.6 Å². The molecule has 2 aromatic carbocycles. The lowest BCUT2D eigenvalue weighted by Gasteiger charge is -2.15. The second kappa shape index (κ2) is 10.4. The quantitative estimate of drug-likeness (QED) is 0.641. The standard InChI is InChI=1S/C21H24F2N2O3/c1-3-28-17-9-6-15(7-10-17)14(2)25-20(26)5-4-12-24-21(27)18-11-8-16(22)13-19(18)23/h6-11,13-14H,3-5,12H2,1-2H3,(H,24,27)(H,25,26). The van der Waals surface area contributed by atoms with Crippen LogP contribution in [0.15, 0.2) is 42.5 Å². The molecule has 0 aliphatic heterocycles. The third-order valence-electron chi connectivity index (χ3n) is 4.11. The molecule has 1 unspecified atom stereocenters. The highest BCUT2D eigenvalue weighted by atomic mass is 19.1. The van der Waals surface area contributed by atoms with Crippen LogP contribution < -0.4 is 15.4 Å². The van der Waals surface area contributed by atoms with E-state index in [2.05, 4.69) is 10.6 Å². The first-order chi connectivity index (χ1) is 13.4. The molecule has 0 heterocycles. The maximum absolute atomic E-state index is 13.5. The maximum Gasteiger partial charge on any atom is 0.254 e. The molecule has 28 heavy (non-hydrogen) atoms. The third-order valence-corrected chi connectivity index (χ3v) is 4.11. The number of amides is 2. The van der Waals surface area contributed by atoms with Crippen LogP contribution in [0.4, 0.5) is 8.78 Å². The molecule has 2 N–H and O–H groups in total. The Hall–Kier alpha value is -2.96. The number of hydrogen-bond donors (Lipinski definition) is 2. The van der Waals surface area contributed by atoms with Crippen LogP contribution in [0, 0.1) is 11.6 Å². The van der Waals surface area contributed by atoms with E-state index < -0.39 is 17.5 Å². The number of carbonyl (C=O) groups excluding carboxylic acids is 2. The predicted octanol–water partition coefficient (Wildman–Crippen LogP) is 3.75. The minimum Gasteiger partial charge on any atom is -0.494 e. The Morgan fingerprint density at radius 3 is 2.46 bits per heavy atom. The van der Waals surface area contributed by atoms with E-state index in [0.29, 0.717) is 19.1 Å². The fraction of sp³-hybridized carbons (Fsp3) is 0.333. The maximum atomic E-state index is 13.5. The second-order valence-corrected chi connectivity index (χ2v) is 6.27. The van der Waals surface area contributed by atoms with E-state index in [-0.39, 0.29) is 30.5 Å². The van der Waals surface area contributed by atoms with Crippen molar-refractivity contribution in [3.8, 4) is 5.75 Å². The van der Waals surface area contributed by atoms with Crippen molar-refractivity contribution in [3.63, 3.8) is 0 Å². The monoisotopic (exact) mass is 390 g/mol. The summed E-state index contributed by atoms with van der Waals surface area (Å²) < 4.78 is 31.8. The molecule has 5 nitrogen and oxygen atoms in total. The molecule has 7 heteroatoms. The predicted molar refractivity (Wildman–Crippen MR) is 102 cm³/mol. The van der Waals surface area contributed by atoms with Crippen LogP contribution in [-0.2, 0) is 4.79 Å². The molecule has 0 radical (unpaired) electrons. The molecule has 0 fully saturated rings. The summed E-state index contributed by atoms with van der Waals surface area (Å²) >= 11 is 0. The lowest BCUT2D eigenvalue weighted by molar-refractivity contribution is -0.121. The number of ether oxygens (including phenoxy) is 1. The molecular formula is C21H24F2N2O3. The summed E-state index contributed by atoms with van der Waals surface area (Å²) in [5.74, 6) is -1.67. The number of halogens is 2. The molecular weight excluding hydrogens is 366 g/mol. The highest BCUT2D eigenvalue weighted by Gasteiger charge is 2.13. The van der Waals surface area contributed by atoms with Gasteiger partial charge in [0, 0.05) is 19.0 Å². The van der Waals surface area contributed by atoms with Gasteiger partial charge in [0.2, 0.25) is 5.91 Å². The zero-order chi connectivity index (χ0) is 20.5. The molecule has 2 amide bonds. The molecule has 0 aromatic heterocycles. The third kappa shape index (κ3) is 6.33. The van der Waals surface area contributed by atoms with E-state index in [1.54, 1.807) is 0 Å². The summed E-state index contributed by atoms with van der Waals surface area (Å²) in [4.78, 5) is 23.9. The van der Waals surface area contributed by atoms with Crippen molar-refractivity contribution in [1.29, 1.82) is 0 Å². The van der Waals surface area contributed by atoms with Gasteiger partial charge < -0.3 is 15.4 Å². The molecule has 1 atom stereocenters. The van der Waals surface area contributed by atoms with Gasteiger partial charge in [-0.25, -0.2) is 8.78 Å². The number of carbonyl (C=O) groups is 2. The van der Waals surface area contributed by atoms with Gasteiger partial charge in [-0.05, 0) is 50.1 Å². The van der Waals surface area contributed by atoms with Gasteiger partial charge in [0.05, 0.1) is 18.2 Å². The summed E-state index contributed by atoms with van der Waals surface area (Å²) in [6, 6.07) is 10.1. The Morgan fingerprint density at radius 1 is 1.11 bits per heavy atom. The first-order valence-corrected chi connectivity index (χ1v) is 9.16. The van der Waals surface area contributed by atoms with Gasteiger partial charge >= 0.3 is 0 Å². The molecule has 0 saturated carbocycles. The van der Waals surface area contributed by atoms with Crippen LogP contribution in [0.2, 0.25) is 0 Å². The van der Waals surface area contributed by atoms with Crippen LogP contribution in [0.3, 0.4) is 0 Å². The highest BCUT2D eigenvalue weighted by molar-refractivity contribution is 5.94. The average Bonchev–Trinajstić information content (AvgIpc) is 2.66. The molecule has 2 rings (SSSR count). The SMILES string of the molecule is CCOc1ccc(C(C)NC(=O)CCCNC(=O)c2ccc(F)cc2F)cc1. The Balaban J connectivity index is 1.72. The Morgan fingerprint density at radius 2 is 1.82 bits per heavy atom. The summed E-state index contributed by atoms with van der Waals surface area (Å²) in [5.41, 5.74) is 0.729. The summed E-state index contributed by atoms with van der Waals surface area (Å²) in [7, 11) is 0. The Labute approximate surface area is 163 Å². The fourth-order valence-electron chi connectivity index (χ4n) is 2.64. The van der Waals surface area contributed by atoms with Crippen molar-refractivity contribution >= 4 is 11.8 Å². The number of hydrogen-bond acceptors (Lipinski definition) is 3. The van der Waals surface area contributed by atoms with E-state index in [1.165, 1.54) is 0 Å². The zero-order valence-corrected chi connectivity index (χ0v) is 15.9. The summed E-state index contributed by atoms with van der Waals surface area (Å²) in [6.07, 6.45) is 0.615. The van der Waals surface area contributed by atoms with Gasteiger partial charge in [0.1, 0.15) is 17.4 Å². The highest BCUT2D eigenvalue weighted by Crippen LogP contribution is 2.17. The zero-order valence-electron chi connectivity index (χ0n) is 15.9. The first kappa shape index (κ1) is 21.3. The van der Waals surface area contributed by atoms with Crippen molar-refractivity contribution < 1.29 is 23.1 Å². The topological polar surface area (TPSA) is 67.4 Å². The molecule has 150 valence electrons. The van der Waals surface area contributed by atoms with E-state index in [0.717, 1.165) is 23.4 Å². The van der Waals surface area contributed by atoms with Crippen molar-refractivity contribution in [2.45, 2.75) is 32.7 Å². The lowest BCUT2D eigenvalue weighted by atomic mass is 10.1. The van der Waals surface area contributed by atoms with E-state index in [1.807, 2.05) is 38.1 Å². The van der Waals surface area contributed by atoms with Crippen molar-refractivity contribution in [2.24, 2.45) is 0 Å². The van der Waals surface area contributed by atoms with Crippen molar-refractivity contribution in [2.75, 3.05) is 13.2 Å². The normalized spacial score (nSPS) is 11.6. The molecule has 2 aromatic rings. The van der Waals surface area contributed by atoms with Crippen LogP contribution in [0.1, 0.15) is 48.7 Å². The van der Waals surface area contributed by atoms with E-state index in [4.69, 9.17) is 4.74 Å². The Bertz CT molecular complexity index is 810. The van der Waals surface area contributed by atoms with Gasteiger partial charge in [-0.2, -0.15) is 0 Å². The minimum absolute atomic E-state index is 0.149. The molecule has 0 spiro atoms. The van der Waals surface area contributed by atoms with Gasteiger partial charge in [-0.15, -0.1) is 0 Å². The fourth-order valence-corrected chi connectivity index (χ4v) is 2.64. The largest absolute Gasteiger partial charge is 0.494 e. The van der Waals surface area contributed by atoms with Crippen LogP contribution in [0.5, 0.6) is 5.75 Å². The molecule has 0 saturated heterocycles. The molecule has 0 bridgehead atoms. The minimum atomic E-state index is -0.917. The summed E-state index contributed by atoms with van der Waals surface area (Å²) in [6.45, 7) is 4.60.